The van der Waals surface area contributed by atoms with Crippen LogP contribution in [0.4, 0.5) is 28.7 Å². The molecule has 3 fully saturated rings. The van der Waals surface area contributed by atoms with Crippen LogP contribution in [0.5, 0.6) is 0 Å². The summed E-state index contributed by atoms with van der Waals surface area (Å²) in [5, 5.41) is 13.9. The van der Waals surface area contributed by atoms with Gasteiger partial charge in [0.05, 0.1) is 18.5 Å². The van der Waals surface area contributed by atoms with Gasteiger partial charge in [-0.2, -0.15) is 0 Å². The minimum absolute atomic E-state index is 0.0435. The number of phosphoric ester groups is 1. The number of aromatic nitrogens is 4. The number of imide groups is 1. The molecule has 0 bridgehead atoms. The van der Waals surface area contributed by atoms with E-state index in [0.29, 0.717) is 62.4 Å². The van der Waals surface area contributed by atoms with Gasteiger partial charge in [0.25, 0.3) is 23.3 Å². The lowest BCUT2D eigenvalue weighted by Crippen LogP contribution is -2.57. The monoisotopic (exact) mass is 1060 g/mol. The second-order valence-corrected chi connectivity index (χ2v) is 22.9. The van der Waals surface area contributed by atoms with Gasteiger partial charge in [-0.15, -0.1) is 0 Å². The van der Waals surface area contributed by atoms with Gasteiger partial charge in [-0.3, -0.25) is 43.2 Å². The van der Waals surface area contributed by atoms with Crippen molar-refractivity contribution in [2.75, 3.05) is 59.3 Å². The van der Waals surface area contributed by atoms with Crippen LogP contribution in [-0.2, 0) is 58.2 Å². The molecule has 11 rings (SSSR count). The van der Waals surface area contributed by atoms with Crippen molar-refractivity contribution >= 4 is 60.1 Å². The molecular formula is C54H64N11O10P. The minimum atomic E-state index is -5.00. The number of aryl methyl sites for hydroxylation is 1. The maximum absolute atomic E-state index is 14.1. The highest BCUT2D eigenvalue weighted by Crippen LogP contribution is 2.42. The Morgan fingerprint density at radius 2 is 1.67 bits per heavy atom. The van der Waals surface area contributed by atoms with E-state index in [1.807, 2.05) is 24.3 Å². The number of anilines is 5. The van der Waals surface area contributed by atoms with E-state index in [4.69, 9.17) is 4.11 Å². The number of nitrogens with zero attached hydrogens (tertiary/aromatic N) is 10. The van der Waals surface area contributed by atoms with Gasteiger partial charge < -0.3 is 44.0 Å². The van der Waals surface area contributed by atoms with Crippen LogP contribution in [0, 0.1) is 5.41 Å². The number of hydrogen-bond donors (Lipinski definition) is 4. The number of likely N-dealkylation sites (tertiary alicyclic amines) is 1. The summed E-state index contributed by atoms with van der Waals surface area (Å²) in [4.78, 5) is 106. The van der Waals surface area contributed by atoms with E-state index < -0.39 is 51.0 Å². The van der Waals surface area contributed by atoms with E-state index >= 15 is 0 Å². The number of amides is 4. The molecule has 4 amide bonds. The number of aliphatic hydroxyl groups is 1. The highest BCUT2D eigenvalue weighted by molar-refractivity contribution is 7.46. The summed E-state index contributed by atoms with van der Waals surface area (Å²) >= 11 is 0. The zero-order valence-corrected chi connectivity index (χ0v) is 43.8. The average Bonchev–Trinajstić information content (AvgIpc) is 4.27. The van der Waals surface area contributed by atoms with Gasteiger partial charge in [-0.05, 0) is 117 Å². The molecule has 4 N–H and O–H groups in total. The third-order valence-electron chi connectivity index (χ3n) is 16.1. The zero-order valence-electron chi connectivity index (χ0n) is 45.9. The highest BCUT2D eigenvalue weighted by Gasteiger charge is 2.46. The molecule has 9 heterocycles. The van der Waals surface area contributed by atoms with E-state index in [1.165, 1.54) is 41.5 Å². The van der Waals surface area contributed by atoms with Crippen LogP contribution in [0.15, 0.2) is 71.9 Å². The number of fused-ring (bicyclic) bond motifs is 4. The SMILES string of the molecule is [2H]C([2H])([2H])n1cc(-c2ccnc(N3CCn4c(cc5c4CC(C)(C)C5)C3=O)c2CO)cc(Nc2ccc(N3CCN(C4CCN(c5ccc6c(c5)CN([C@H]5CCC(=O)N(C(C)OP(=O)(O)O)C5=O)C6=O)CC4)C[C@@H]3C)cn2)c1=O. The second kappa shape index (κ2) is 19.7. The molecule has 3 saturated heterocycles. The molecule has 5 aliphatic heterocycles. The first-order chi connectivity index (χ1) is 37.5. The number of carbonyl (C=O) groups excluding carboxylic acids is 4. The van der Waals surface area contributed by atoms with Gasteiger partial charge >= 0.3 is 7.82 Å². The molecule has 3 atom stereocenters. The molecule has 4 aromatic heterocycles. The third kappa shape index (κ3) is 9.51. The molecule has 0 radical (unpaired) electrons. The molecule has 1 aromatic carbocycles. The predicted octanol–water partition coefficient (Wildman–Crippen LogP) is 4.77. The van der Waals surface area contributed by atoms with Crippen LogP contribution < -0.4 is 25.6 Å². The number of hydrogen-bond acceptors (Lipinski definition) is 14. The lowest BCUT2D eigenvalue weighted by Gasteiger charge is -2.46. The smallest absolute Gasteiger partial charge is 0.392 e. The fraction of sp³-hybridized carbons (Fsp3) is 0.463. The number of benzene rings is 1. The topological polar surface area (TPSA) is 239 Å². The van der Waals surface area contributed by atoms with E-state index in [0.717, 1.165) is 75.3 Å². The fourth-order valence-corrected chi connectivity index (χ4v) is 13.0. The first-order valence-corrected chi connectivity index (χ1v) is 27.4. The Balaban J connectivity index is 0.720. The first-order valence-electron chi connectivity index (χ1n) is 27.4. The summed E-state index contributed by atoms with van der Waals surface area (Å²) < 4.78 is 43.7. The third-order valence-corrected chi connectivity index (χ3v) is 16.7. The van der Waals surface area contributed by atoms with Crippen molar-refractivity contribution in [3.8, 4) is 11.1 Å². The van der Waals surface area contributed by atoms with Crippen molar-refractivity contribution < 1.29 is 47.3 Å². The number of pyridine rings is 3. The number of piperazine rings is 1. The molecule has 1 aliphatic carbocycles. The summed E-state index contributed by atoms with van der Waals surface area (Å²) in [5.74, 6) is -1.35. The van der Waals surface area contributed by atoms with E-state index in [1.54, 1.807) is 29.3 Å². The minimum Gasteiger partial charge on any atom is -0.392 e. The van der Waals surface area contributed by atoms with Crippen LogP contribution in [0.1, 0.15) is 101 Å². The molecule has 21 nitrogen and oxygen atoms in total. The summed E-state index contributed by atoms with van der Waals surface area (Å²) in [6.07, 6.45) is 6.60. The van der Waals surface area contributed by atoms with Gasteiger partial charge in [-0.25, -0.2) is 14.5 Å². The number of phosphoric acid groups is 1. The molecular weight excluding hydrogens is 994 g/mol. The van der Waals surface area contributed by atoms with Crippen LogP contribution in [0.3, 0.4) is 0 Å². The molecule has 1 unspecified atom stereocenters. The summed E-state index contributed by atoms with van der Waals surface area (Å²) in [5.41, 5.74) is 6.36. The summed E-state index contributed by atoms with van der Waals surface area (Å²) in [7, 11) is -5.00. The van der Waals surface area contributed by atoms with Crippen molar-refractivity contribution in [2.45, 2.75) is 110 Å². The summed E-state index contributed by atoms with van der Waals surface area (Å²) in [6, 6.07) is 14.0. The fourth-order valence-electron chi connectivity index (χ4n) is 12.5. The van der Waals surface area contributed by atoms with Gasteiger partial charge in [0, 0.05) is 122 Å². The van der Waals surface area contributed by atoms with Crippen molar-refractivity contribution in [1.82, 2.24) is 33.8 Å². The Morgan fingerprint density at radius 3 is 2.39 bits per heavy atom. The Morgan fingerprint density at radius 1 is 0.882 bits per heavy atom. The van der Waals surface area contributed by atoms with Gasteiger partial charge in [-0.1, -0.05) is 13.8 Å². The number of piperidine rings is 2. The Labute approximate surface area is 444 Å². The Bertz CT molecular complexity index is 3390. The zero-order chi connectivity index (χ0) is 56.0. The quantitative estimate of drug-likeness (QED) is 0.0972. The lowest BCUT2D eigenvalue weighted by molar-refractivity contribution is -0.161. The van der Waals surface area contributed by atoms with E-state index in [-0.39, 0.29) is 54.2 Å². The summed E-state index contributed by atoms with van der Waals surface area (Å²) in [6.45, 7) is 9.51. The lowest BCUT2D eigenvalue weighted by atomic mass is 9.90. The van der Waals surface area contributed by atoms with E-state index in [9.17, 15) is 43.4 Å². The van der Waals surface area contributed by atoms with Gasteiger partial charge in [0.2, 0.25) is 5.91 Å². The average molecular weight is 1060 g/mol. The molecule has 0 saturated carbocycles. The number of aliphatic hydroxyl groups excluding tert-OH is 1. The van der Waals surface area contributed by atoms with Crippen molar-refractivity contribution in [2.24, 2.45) is 12.4 Å². The Kier molecular flexibility index (Phi) is 12.4. The highest BCUT2D eigenvalue weighted by atomic mass is 31.2. The van der Waals surface area contributed by atoms with E-state index in [2.05, 4.69) is 59.8 Å². The molecule has 22 heteroatoms. The van der Waals surface area contributed by atoms with Gasteiger partial charge in [0.1, 0.15) is 35.3 Å². The first kappa shape index (κ1) is 47.7. The number of nitrogens with one attached hydrogen (secondary N) is 1. The molecule has 0 spiro atoms. The Hall–Kier alpha value is -6.74. The molecule has 5 aromatic rings. The molecule has 76 heavy (non-hydrogen) atoms. The van der Waals surface area contributed by atoms with Crippen LogP contribution >= 0.6 is 7.82 Å². The predicted molar refractivity (Wildman–Crippen MR) is 283 cm³/mol. The maximum atomic E-state index is 14.1. The van der Waals surface area contributed by atoms with Crippen LogP contribution in [0.25, 0.3) is 11.1 Å². The van der Waals surface area contributed by atoms with Crippen molar-refractivity contribution in [1.29, 1.82) is 0 Å². The maximum Gasteiger partial charge on any atom is 0.471 e. The van der Waals surface area contributed by atoms with Crippen LogP contribution in [-0.4, -0.2) is 136 Å². The molecule has 400 valence electrons. The van der Waals surface area contributed by atoms with Crippen molar-refractivity contribution in [3.05, 3.63) is 111 Å². The normalized spacial score (nSPS) is 22.4. The van der Waals surface area contributed by atoms with Crippen LogP contribution in [0.2, 0.25) is 0 Å². The second-order valence-electron chi connectivity index (χ2n) is 21.7. The standard InChI is InChI=1S/C54H64N11O10P/c1-32-28-60(37-13-16-59(17-14-37)38-6-8-41-35(22-38)30-64(50(41)68)44-9-11-48(67)65(53(44)71)33(2)75-76(72,73)74)18-19-61(32)39-7-10-47(56-27-39)57-43-23-36(29-58(5)51(43)69)40-12-15-55-49(42(40)31-66)63-21-20-62-45(52(63)70)24-34-25-54(3,4)26-46(34)62/h6-8,10,12,15,22-24,27,29,32-33,37,44,66H,9,11,13-14,16-21,25-26,28,30-31H2,1-5H3,(H,56,57)(H2,72,73,74)/t32-,33?,44-/m0/s1/i5D3. The largest absolute Gasteiger partial charge is 0.471 e. The number of carbonyl (C=O) groups is 4. The van der Waals surface area contributed by atoms with Crippen molar-refractivity contribution in [3.63, 3.8) is 0 Å². The number of rotatable bonds is 12. The van der Waals surface area contributed by atoms with Gasteiger partial charge in [0.15, 0.2) is 0 Å². The molecule has 6 aliphatic rings.